The van der Waals surface area contributed by atoms with Crippen molar-refractivity contribution in [1.29, 1.82) is 0 Å². The van der Waals surface area contributed by atoms with Crippen LogP contribution in [-0.2, 0) is 29.8 Å². The molecule has 0 aromatic heterocycles. The zero-order valence-electron chi connectivity index (χ0n) is 19.5. The van der Waals surface area contributed by atoms with Crippen LogP contribution in [0.25, 0.3) is 0 Å². The first-order valence-electron chi connectivity index (χ1n) is 12.7. The minimum atomic E-state index is 0.434. The van der Waals surface area contributed by atoms with Gasteiger partial charge in [0.25, 0.3) is 0 Å². The van der Waals surface area contributed by atoms with Gasteiger partial charge in [0, 0.05) is 0 Å². The first-order valence-corrected chi connectivity index (χ1v) is 14.1. The Morgan fingerprint density at radius 2 is 0.968 bits per heavy atom. The Labute approximate surface area is 193 Å². The van der Waals surface area contributed by atoms with E-state index in [1.165, 1.54) is 96.0 Å². The molecule has 3 aliphatic rings. The third-order valence-electron chi connectivity index (χ3n) is 7.29. The first-order chi connectivity index (χ1) is 15.3. The SMILES string of the molecule is C=COCCOC1CCC([S+](C2CCCCC2)C2CCC(OCCOC=C)CC2)CC1. The molecule has 0 aliphatic heterocycles. The van der Waals surface area contributed by atoms with E-state index in [9.17, 15) is 0 Å². The topological polar surface area (TPSA) is 36.9 Å². The third kappa shape index (κ3) is 8.33. The van der Waals surface area contributed by atoms with E-state index in [0.717, 1.165) is 15.7 Å². The van der Waals surface area contributed by atoms with Gasteiger partial charge in [-0.15, -0.1) is 0 Å². The van der Waals surface area contributed by atoms with E-state index in [0.29, 0.717) is 49.5 Å². The predicted octanol–water partition coefficient (Wildman–Crippen LogP) is 5.91. The van der Waals surface area contributed by atoms with Crippen molar-refractivity contribution < 1.29 is 18.9 Å². The van der Waals surface area contributed by atoms with Gasteiger partial charge in [-0.25, -0.2) is 0 Å². The summed E-state index contributed by atoms with van der Waals surface area (Å²) < 4.78 is 22.6. The Kier molecular flexibility index (Phi) is 11.7. The Bertz CT molecular complexity index is 456. The highest BCUT2D eigenvalue weighted by Gasteiger charge is 2.47. The lowest BCUT2D eigenvalue weighted by Crippen LogP contribution is -2.46. The second-order valence-corrected chi connectivity index (χ2v) is 12.1. The van der Waals surface area contributed by atoms with Gasteiger partial charge < -0.3 is 18.9 Å². The number of rotatable bonds is 13. The molecule has 5 heteroatoms. The van der Waals surface area contributed by atoms with Crippen molar-refractivity contribution in [3.63, 3.8) is 0 Å². The fraction of sp³-hybridized carbons (Fsp3) is 0.846. The van der Waals surface area contributed by atoms with Gasteiger partial charge in [0.05, 0.1) is 37.9 Å². The Morgan fingerprint density at radius 3 is 1.39 bits per heavy atom. The molecule has 0 spiro atoms. The maximum Gasteiger partial charge on any atom is 0.119 e. The van der Waals surface area contributed by atoms with E-state index in [4.69, 9.17) is 18.9 Å². The van der Waals surface area contributed by atoms with E-state index in [2.05, 4.69) is 13.2 Å². The Hall–Kier alpha value is -0.650. The maximum atomic E-state index is 6.07. The summed E-state index contributed by atoms with van der Waals surface area (Å²) in [7, 11) is 0.582. The maximum absolute atomic E-state index is 6.07. The van der Waals surface area contributed by atoms with Crippen LogP contribution in [0.4, 0.5) is 0 Å². The summed E-state index contributed by atoms with van der Waals surface area (Å²) >= 11 is 0. The van der Waals surface area contributed by atoms with Crippen molar-refractivity contribution in [2.45, 2.75) is 111 Å². The molecule has 0 N–H and O–H groups in total. The van der Waals surface area contributed by atoms with Gasteiger partial charge in [-0.3, -0.25) is 0 Å². The molecule has 3 saturated carbocycles. The standard InChI is InChI=1S/C26H45O4S/c1-3-27-18-20-29-22-10-14-25(15-11-22)31(24-8-6-5-7-9-24)26-16-12-23(13-17-26)30-21-19-28-4-2/h3-4,22-26H,1-2,5-21H2/q+1. The van der Waals surface area contributed by atoms with Crippen molar-refractivity contribution >= 4 is 10.9 Å². The van der Waals surface area contributed by atoms with Crippen LogP contribution in [0.2, 0.25) is 0 Å². The second-order valence-electron chi connectivity index (χ2n) is 9.28. The lowest BCUT2D eigenvalue weighted by atomic mass is 9.96. The summed E-state index contributed by atoms with van der Waals surface area (Å²) in [6, 6.07) is 0. The molecule has 3 rings (SSSR count). The molecule has 178 valence electrons. The minimum absolute atomic E-state index is 0.434. The van der Waals surface area contributed by atoms with Crippen LogP contribution < -0.4 is 0 Å². The van der Waals surface area contributed by atoms with Crippen molar-refractivity contribution in [3.8, 4) is 0 Å². The van der Waals surface area contributed by atoms with Crippen LogP contribution in [0.1, 0.15) is 83.5 Å². The molecule has 0 bridgehead atoms. The number of hydrogen-bond acceptors (Lipinski definition) is 4. The molecule has 0 atom stereocenters. The van der Waals surface area contributed by atoms with Gasteiger partial charge in [-0.1, -0.05) is 19.6 Å². The smallest absolute Gasteiger partial charge is 0.119 e. The summed E-state index contributed by atoms with van der Waals surface area (Å²) in [6.45, 7) is 9.83. The molecule has 0 saturated heterocycles. The van der Waals surface area contributed by atoms with Crippen LogP contribution in [0.5, 0.6) is 0 Å². The van der Waals surface area contributed by atoms with E-state index < -0.39 is 0 Å². The lowest BCUT2D eigenvalue weighted by Gasteiger charge is -2.38. The monoisotopic (exact) mass is 453 g/mol. The van der Waals surface area contributed by atoms with Crippen LogP contribution in [0, 0.1) is 0 Å². The molecule has 31 heavy (non-hydrogen) atoms. The largest absolute Gasteiger partial charge is 0.499 e. The van der Waals surface area contributed by atoms with Crippen LogP contribution in [0.15, 0.2) is 25.7 Å². The molecular formula is C26H45O4S+. The van der Waals surface area contributed by atoms with E-state index in [1.807, 2.05) is 0 Å². The summed E-state index contributed by atoms with van der Waals surface area (Å²) in [5, 5.41) is 2.84. The molecule has 0 radical (unpaired) electrons. The second kappa shape index (κ2) is 14.5. The zero-order chi connectivity index (χ0) is 21.7. The third-order valence-corrected chi connectivity index (χ3v) is 11.0. The summed E-state index contributed by atoms with van der Waals surface area (Å²) in [5.74, 6) is 0. The first kappa shape index (κ1) is 25.0. The normalized spacial score (nSPS) is 31.0. The predicted molar refractivity (Wildman–Crippen MR) is 131 cm³/mol. The van der Waals surface area contributed by atoms with Crippen molar-refractivity contribution in [3.05, 3.63) is 25.7 Å². The summed E-state index contributed by atoms with van der Waals surface area (Å²) in [4.78, 5) is 0. The van der Waals surface area contributed by atoms with Gasteiger partial charge >= 0.3 is 0 Å². The lowest BCUT2D eigenvalue weighted by molar-refractivity contribution is 0.00548. The Balaban J connectivity index is 1.48. The number of ether oxygens (including phenoxy) is 4. The van der Waals surface area contributed by atoms with Gasteiger partial charge in [-0.05, 0) is 87.9 Å². The van der Waals surface area contributed by atoms with Gasteiger partial charge in [0.1, 0.15) is 29.0 Å². The molecule has 0 aromatic carbocycles. The van der Waals surface area contributed by atoms with Crippen LogP contribution in [0.3, 0.4) is 0 Å². The summed E-state index contributed by atoms with van der Waals surface area (Å²) in [6.07, 6.45) is 21.6. The molecular weight excluding hydrogens is 408 g/mol. The fourth-order valence-electron chi connectivity index (χ4n) is 5.79. The summed E-state index contributed by atoms with van der Waals surface area (Å²) in [5.41, 5.74) is 0. The van der Waals surface area contributed by atoms with Crippen LogP contribution >= 0.6 is 0 Å². The van der Waals surface area contributed by atoms with Gasteiger partial charge in [0.15, 0.2) is 0 Å². The average Bonchev–Trinajstić information content (AvgIpc) is 2.82. The van der Waals surface area contributed by atoms with Gasteiger partial charge in [-0.2, -0.15) is 0 Å². The highest BCUT2D eigenvalue weighted by molar-refractivity contribution is 7.98. The Morgan fingerprint density at radius 1 is 0.548 bits per heavy atom. The van der Waals surface area contributed by atoms with Crippen molar-refractivity contribution in [2.75, 3.05) is 26.4 Å². The van der Waals surface area contributed by atoms with Gasteiger partial charge in [0.2, 0.25) is 0 Å². The zero-order valence-corrected chi connectivity index (χ0v) is 20.3. The average molecular weight is 454 g/mol. The molecule has 0 heterocycles. The molecule has 4 nitrogen and oxygen atoms in total. The van der Waals surface area contributed by atoms with E-state index in [-0.39, 0.29) is 0 Å². The molecule has 0 amide bonds. The quantitative estimate of drug-likeness (QED) is 0.197. The van der Waals surface area contributed by atoms with Crippen molar-refractivity contribution in [1.82, 2.24) is 0 Å². The van der Waals surface area contributed by atoms with Crippen molar-refractivity contribution in [2.24, 2.45) is 0 Å². The molecule has 3 fully saturated rings. The molecule has 0 aromatic rings. The highest BCUT2D eigenvalue weighted by Crippen LogP contribution is 2.41. The highest BCUT2D eigenvalue weighted by atomic mass is 32.2. The van der Waals surface area contributed by atoms with Crippen LogP contribution in [-0.4, -0.2) is 54.4 Å². The van der Waals surface area contributed by atoms with E-state index in [1.54, 1.807) is 0 Å². The molecule has 0 unspecified atom stereocenters. The van der Waals surface area contributed by atoms with E-state index >= 15 is 0 Å². The number of hydrogen-bond donors (Lipinski definition) is 0. The fourth-order valence-corrected chi connectivity index (χ4v) is 9.93. The molecule has 3 aliphatic carbocycles. The minimum Gasteiger partial charge on any atom is -0.499 e.